The predicted octanol–water partition coefficient (Wildman–Crippen LogP) is 3.06. The molecule has 0 aromatic heterocycles. The number of ether oxygens (including phenoxy) is 1. The molecule has 2 bridgehead atoms. The van der Waals surface area contributed by atoms with Crippen molar-refractivity contribution in [2.24, 2.45) is 11.8 Å². The molecule has 3 heteroatoms. The molecule has 3 atom stereocenters. The minimum Gasteiger partial charge on any atom is -0.456 e. The minimum atomic E-state index is -0.0110. The molecule has 78 valence electrons. The summed E-state index contributed by atoms with van der Waals surface area (Å²) in [7, 11) is 0. The Labute approximate surface area is 98.2 Å². The van der Waals surface area contributed by atoms with Crippen LogP contribution in [-0.4, -0.2) is 12.1 Å². The standard InChI is InChI=1S/C11H15IO2/c1-2-3-4-7-5-8-6-9(12)10(7)14-11(8)13/h6-8,10H,2-5H2,1H3/t7-,8+,10-/m0/s1. The molecule has 0 unspecified atom stereocenters. The first-order valence-corrected chi connectivity index (χ1v) is 6.38. The molecule has 1 saturated heterocycles. The van der Waals surface area contributed by atoms with Crippen molar-refractivity contribution >= 4 is 28.6 Å². The fourth-order valence-electron chi connectivity index (χ4n) is 2.29. The van der Waals surface area contributed by atoms with Crippen LogP contribution >= 0.6 is 22.6 Å². The second-order valence-corrected chi connectivity index (χ2v) is 5.40. The summed E-state index contributed by atoms with van der Waals surface area (Å²) in [6.07, 6.45) is 6.85. The summed E-state index contributed by atoms with van der Waals surface area (Å²) in [6, 6.07) is 0. The van der Waals surface area contributed by atoms with E-state index in [2.05, 4.69) is 35.6 Å². The number of halogens is 1. The van der Waals surface area contributed by atoms with Crippen molar-refractivity contribution in [2.45, 2.75) is 38.7 Å². The summed E-state index contributed by atoms with van der Waals surface area (Å²) >= 11 is 2.31. The minimum absolute atomic E-state index is 0.0110. The van der Waals surface area contributed by atoms with Gasteiger partial charge in [-0.2, -0.15) is 0 Å². The van der Waals surface area contributed by atoms with E-state index in [1.165, 1.54) is 22.8 Å². The number of hydrogen-bond donors (Lipinski definition) is 0. The van der Waals surface area contributed by atoms with E-state index >= 15 is 0 Å². The summed E-state index contributed by atoms with van der Waals surface area (Å²) < 4.78 is 6.63. The van der Waals surface area contributed by atoms with Crippen molar-refractivity contribution in [2.75, 3.05) is 0 Å². The molecule has 0 radical (unpaired) electrons. The third-order valence-corrected chi connectivity index (χ3v) is 4.06. The van der Waals surface area contributed by atoms with Crippen molar-refractivity contribution in [1.29, 1.82) is 0 Å². The van der Waals surface area contributed by atoms with Gasteiger partial charge in [0.2, 0.25) is 0 Å². The molecule has 0 N–H and O–H groups in total. The van der Waals surface area contributed by atoms with Crippen LogP contribution < -0.4 is 0 Å². The molecule has 1 aliphatic carbocycles. The van der Waals surface area contributed by atoms with Crippen molar-refractivity contribution < 1.29 is 9.53 Å². The lowest BCUT2D eigenvalue weighted by molar-refractivity contribution is -0.162. The maximum atomic E-state index is 11.4. The van der Waals surface area contributed by atoms with Gasteiger partial charge in [0.25, 0.3) is 0 Å². The zero-order valence-corrected chi connectivity index (χ0v) is 10.5. The molecule has 0 spiro atoms. The maximum absolute atomic E-state index is 11.4. The van der Waals surface area contributed by atoms with Crippen LogP contribution in [0, 0.1) is 11.8 Å². The molecule has 1 fully saturated rings. The highest BCUT2D eigenvalue weighted by atomic mass is 127. The monoisotopic (exact) mass is 306 g/mol. The first-order chi connectivity index (χ1) is 6.72. The fourth-order valence-corrected chi connectivity index (χ4v) is 3.36. The number of carbonyl (C=O) groups excluding carboxylic acids is 1. The maximum Gasteiger partial charge on any atom is 0.313 e. The summed E-state index contributed by atoms with van der Waals surface area (Å²) in [5.41, 5.74) is 0. The van der Waals surface area contributed by atoms with E-state index in [1.54, 1.807) is 0 Å². The average Bonchev–Trinajstić information content (AvgIpc) is 2.17. The Morgan fingerprint density at radius 1 is 1.64 bits per heavy atom. The van der Waals surface area contributed by atoms with Gasteiger partial charge in [0.1, 0.15) is 6.10 Å². The number of esters is 1. The second-order valence-electron chi connectivity index (χ2n) is 4.15. The Morgan fingerprint density at radius 2 is 2.43 bits per heavy atom. The SMILES string of the molecule is CCCC[C@H]1C[C@@H]2C=C(I)[C@H]1OC2=O. The molecular weight excluding hydrogens is 291 g/mol. The van der Waals surface area contributed by atoms with Gasteiger partial charge < -0.3 is 4.74 Å². The molecule has 3 aliphatic rings. The van der Waals surface area contributed by atoms with E-state index in [9.17, 15) is 4.79 Å². The Kier molecular flexibility index (Phi) is 3.14. The molecule has 2 heterocycles. The highest BCUT2D eigenvalue weighted by Gasteiger charge is 2.42. The van der Waals surface area contributed by atoms with Crippen LogP contribution in [0.25, 0.3) is 0 Å². The van der Waals surface area contributed by atoms with Gasteiger partial charge in [0, 0.05) is 9.50 Å². The quantitative estimate of drug-likeness (QED) is 0.592. The van der Waals surface area contributed by atoms with Crippen LogP contribution in [0.3, 0.4) is 0 Å². The average molecular weight is 306 g/mol. The van der Waals surface area contributed by atoms with E-state index in [4.69, 9.17) is 4.74 Å². The van der Waals surface area contributed by atoms with Gasteiger partial charge in [-0.1, -0.05) is 25.8 Å². The Morgan fingerprint density at radius 3 is 3.07 bits per heavy atom. The third-order valence-electron chi connectivity index (χ3n) is 3.09. The zero-order chi connectivity index (χ0) is 10.1. The van der Waals surface area contributed by atoms with Crippen LogP contribution in [0.4, 0.5) is 0 Å². The van der Waals surface area contributed by atoms with Gasteiger partial charge in [-0.3, -0.25) is 4.79 Å². The Bertz CT molecular complexity index is 272. The van der Waals surface area contributed by atoms with Crippen molar-refractivity contribution in [3.63, 3.8) is 0 Å². The van der Waals surface area contributed by atoms with E-state index in [1.807, 2.05) is 0 Å². The van der Waals surface area contributed by atoms with E-state index in [-0.39, 0.29) is 18.0 Å². The molecular formula is C11H15IO2. The molecule has 0 aromatic carbocycles. The summed E-state index contributed by atoms with van der Waals surface area (Å²) in [4.78, 5) is 11.4. The molecule has 0 amide bonds. The van der Waals surface area contributed by atoms with E-state index in [0.717, 1.165) is 6.42 Å². The summed E-state index contributed by atoms with van der Waals surface area (Å²) in [6.45, 7) is 2.20. The van der Waals surface area contributed by atoms with E-state index < -0.39 is 0 Å². The van der Waals surface area contributed by atoms with Gasteiger partial charge in [0.15, 0.2) is 0 Å². The molecule has 0 aromatic rings. The van der Waals surface area contributed by atoms with Crippen molar-refractivity contribution in [3.8, 4) is 0 Å². The van der Waals surface area contributed by atoms with Crippen molar-refractivity contribution in [3.05, 3.63) is 9.66 Å². The van der Waals surface area contributed by atoms with Gasteiger partial charge in [-0.15, -0.1) is 0 Å². The first kappa shape index (κ1) is 10.5. The lowest BCUT2D eigenvalue weighted by Gasteiger charge is -2.39. The lowest BCUT2D eigenvalue weighted by Crippen LogP contribution is -2.42. The number of carbonyl (C=O) groups is 1. The fraction of sp³-hybridized carbons (Fsp3) is 0.727. The second kappa shape index (κ2) is 4.21. The zero-order valence-electron chi connectivity index (χ0n) is 8.33. The van der Waals surface area contributed by atoms with Crippen LogP contribution in [0.2, 0.25) is 0 Å². The van der Waals surface area contributed by atoms with Crippen LogP contribution in [0.1, 0.15) is 32.6 Å². The first-order valence-electron chi connectivity index (χ1n) is 5.30. The molecule has 3 rings (SSSR count). The molecule has 14 heavy (non-hydrogen) atoms. The highest BCUT2D eigenvalue weighted by molar-refractivity contribution is 14.1. The largest absolute Gasteiger partial charge is 0.456 e. The van der Waals surface area contributed by atoms with Gasteiger partial charge in [0.05, 0.1) is 5.92 Å². The van der Waals surface area contributed by atoms with Crippen LogP contribution in [-0.2, 0) is 9.53 Å². The Balaban J connectivity index is 2.06. The number of unbranched alkanes of at least 4 members (excludes halogenated alkanes) is 1. The number of hydrogen-bond acceptors (Lipinski definition) is 2. The smallest absolute Gasteiger partial charge is 0.313 e. The topological polar surface area (TPSA) is 26.3 Å². The lowest BCUT2D eigenvalue weighted by atomic mass is 9.79. The van der Waals surface area contributed by atoms with Gasteiger partial charge >= 0.3 is 5.97 Å². The highest BCUT2D eigenvalue weighted by Crippen LogP contribution is 2.41. The Hall–Kier alpha value is -0.0600. The molecule has 2 aliphatic heterocycles. The normalized spacial score (nSPS) is 35.4. The molecule has 2 nitrogen and oxygen atoms in total. The van der Waals surface area contributed by atoms with Gasteiger partial charge in [-0.05, 0) is 35.4 Å². The summed E-state index contributed by atoms with van der Waals surface area (Å²) in [5, 5.41) is 0. The number of fused-ring (bicyclic) bond motifs is 2. The van der Waals surface area contributed by atoms with E-state index in [0.29, 0.717) is 5.92 Å². The third kappa shape index (κ3) is 1.83. The molecule has 0 saturated carbocycles. The number of rotatable bonds is 3. The van der Waals surface area contributed by atoms with Crippen LogP contribution in [0.5, 0.6) is 0 Å². The summed E-state index contributed by atoms with van der Waals surface area (Å²) in [5.74, 6) is 0.617. The van der Waals surface area contributed by atoms with Crippen LogP contribution in [0.15, 0.2) is 9.66 Å². The van der Waals surface area contributed by atoms with Gasteiger partial charge in [-0.25, -0.2) is 0 Å². The predicted molar refractivity (Wildman–Crippen MR) is 63.1 cm³/mol. The van der Waals surface area contributed by atoms with Crippen molar-refractivity contribution in [1.82, 2.24) is 0 Å².